The van der Waals surface area contributed by atoms with Gasteiger partial charge in [0.1, 0.15) is 11.9 Å². The number of amides is 2. The molecule has 0 saturated heterocycles. The van der Waals surface area contributed by atoms with Crippen molar-refractivity contribution in [2.75, 3.05) is 13.2 Å². The van der Waals surface area contributed by atoms with Crippen LogP contribution < -0.4 is 14.8 Å². The Kier molecular flexibility index (Phi) is 10.6. The Hall–Kier alpha value is -3.09. The molecule has 1 atom stereocenters. The van der Waals surface area contributed by atoms with Gasteiger partial charge in [0.05, 0.1) is 13.2 Å². The fraction of sp³-hybridized carbons (Fsp3) is 0.517. The number of nitrogens with zero attached hydrogens (tertiary/aromatic N) is 1. The molecule has 1 N–H and O–H groups in total. The van der Waals surface area contributed by atoms with Gasteiger partial charge in [-0.25, -0.2) is 4.39 Å². The summed E-state index contributed by atoms with van der Waals surface area (Å²) < 4.78 is 25.8. The molecule has 36 heavy (non-hydrogen) atoms. The minimum Gasteiger partial charge on any atom is -0.490 e. The van der Waals surface area contributed by atoms with E-state index < -0.39 is 6.04 Å². The van der Waals surface area contributed by atoms with Crippen LogP contribution in [0.3, 0.4) is 0 Å². The summed E-state index contributed by atoms with van der Waals surface area (Å²) in [4.78, 5) is 28.0. The highest BCUT2D eigenvalue weighted by Crippen LogP contribution is 2.29. The Labute approximate surface area is 214 Å². The maximum absolute atomic E-state index is 14.5. The number of carbonyl (C=O) groups excluding carboxylic acids is 2. The summed E-state index contributed by atoms with van der Waals surface area (Å²) in [6.07, 6.45) is 5.97. The van der Waals surface area contributed by atoms with Gasteiger partial charge in [-0.1, -0.05) is 43.5 Å². The van der Waals surface area contributed by atoms with E-state index in [4.69, 9.17) is 9.47 Å². The number of nitrogens with one attached hydrogen (secondary N) is 1. The molecule has 0 aromatic heterocycles. The lowest BCUT2D eigenvalue weighted by Crippen LogP contribution is -2.50. The summed E-state index contributed by atoms with van der Waals surface area (Å²) in [5.74, 6) is 0.544. The molecule has 1 fully saturated rings. The molecule has 0 spiro atoms. The molecule has 1 saturated carbocycles. The van der Waals surface area contributed by atoms with Crippen LogP contribution in [0.15, 0.2) is 42.5 Å². The average Bonchev–Trinajstić information content (AvgIpc) is 2.88. The van der Waals surface area contributed by atoms with Gasteiger partial charge in [-0.2, -0.15) is 0 Å². The molecule has 1 aliphatic carbocycles. The van der Waals surface area contributed by atoms with Crippen molar-refractivity contribution in [3.8, 4) is 11.5 Å². The van der Waals surface area contributed by atoms with Crippen molar-refractivity contribution in [3.63, 3.8) is 0 Å². The SMILES string of the molecule is CCOc1ccc(CCC(=O)N(Cc2ccccc2F)[C@H](C)C(=O)NC2CCCCC2)cc1OCC. The molecular formula is C29H39FN2O4. The van der Waals surface area contributed by atoms with Crippen LogP contribution in [-0.4, -0.2) is 42.0 Å². The second-order valence-corrected chi connectivity index (χ2v) is 9.28. The molecule has 0 aliphatic heterocycles. The molecule has 0 heterocycles. The van der Waals surface area contributed by atoms with Gasteiger partial charge in [-0.3, -0.25) is 9.59 Å². The predicted octanol–water partition coefficient (Wildman–Crippen LogP) is 5.42. The van der Waals surface area contributed by atoms with Crippen LogP contribution >= 0.6 is 0 Å². The first kappa shape index (κ1) is 27.5. The molecule has 2 aromatic rings. The van der Waals surface area contributed by atoms with Gasteiger partial charge in [0.15, 0.2) is 11.5 Å². The van der Waals surface area contributed by atoms with Gasteiger partial charge in [0.2, 0.25) is 11.8 Å². The monoisotopic (exact) mass is 498 g/mol. The van der Waals surface area contributed by atoms with Gasteiger partial charge < -0.3 is 19.7 Å². The molecule has 2 amide bonds. The molecule has 2 aromatic carbocycles. The lowest BCUT2D eigenvalue weighted by molar-refractivity contribution is -0.141. The first-order valence-corrected chi connectivity index (χ1v) is 13.1. The third kappa shape index (κ3) is 7.70. The molecule has 0 unspecified atom stereocenters. The number of halogens is 1. The number of benzene rings is 2. The highest BCUT2D eigenvalue weighted by atomic mass is 19.1. The van der Waals surface area contributed by atoms with Gasteiger partial charge in [-0.05, 0) is 63.8 Å². The van der Waals surface area contributed by atoms with Gasteiger partial charge in [0, 0.05) is 24.6 Å². The topological polar surface area (TPSA) is 67.9 Å². The van der Waals surface area contributed by atoms with Crippen molar-refractivity contribution in [1.29, 1.82) is 0 Å². The zero-order valence-electron chi connectivity index (χ0n) is 21.7. The number of ether oxygens (including phenoxy) is 2. The number of aryl methyl sites for hydroxylation is 1. The van der Waals surface area contributed by atoms with Crippen LogP contribution in [0.4, 0.5) is 4.39 Å². The van der Waals surface area contributed by atoms with Crippen LogP contribution in [0.5, 0.6) is 11.5 Å². The summed E-state index contributed by atoms with van der Waals surface area (Å²) in [5, 5.41) is 3.11. The van der Waals surface area contributed by atoms with Crippen molar-refractivity contribution in [2.24, 2.45) is 0 Å². The molecule has 7 heteroatoms. The van der Waals surface area contributed by atoms with E-state index in [1.165, 1.54) is 17.4 Å². The van der Waals surface area contributed by atoms with Gasteiger partial charge >= 0.3 is 0 Å². The summed E-state index contributed by atoms with van der Waals surface area (Å²) >= 11 is 0. The Morgan fingerprint density at radius 1 is 1.03 bits per heavy atom. The van der Waals surface area contributed by atoms with E-state index in [0.29, 0.717) is 36.7 Å². The molecule has 3 rings (SSSR count). The lowest BCUT2D eigenvalue weighted by atomic mass is 9.95. The molecule has 196 valence electrons. The molecule has 6 nitrogen and oxygen atoms in total. The van der Waals surface area contributed by atoms with E-state index in [1.807, 2.05) is 32.0 Å². The Morgan fingerprint density at radius 3 is 2.42 bits per heavy atom. The molecular weight excluding hydrogens is 459 g/mol. The fourth-order valence-electron chi connectivity index (χ4n) is 4.61. The minimum atomic E-state index is -0.710. The quantitative estimate of drug-likeness (QED) is 0.424. The number of carbonyl (C=O) groups is 2. The van der Waals surface area contributed by atoms with Crippen LogP contribution in [0, 0.1) is 5.82 Å². The maximum atomic E-state index is 14.5. The third-order valence-electron chi connectivity index (χ3n) is 6.65. The number of hydrogen-bond donors (Lipinski definition) is 1. The summed E-state index contributed by atoms with van der Waals surface area (Å²) in [5.41, 5.74) is 1.32. The van der Waals surface area contributed by atoms with E-state index in [2.05, 4.69) is 5.32 Å². The number of rotatable bonds is 12. The van der Waals surface area contributed by atoms with E-state index in [-0.39, 0.29) is 36.6 Å². The van der Waals surface area contributed by atoms with Crippen molar-refractivity contribution < 1.29 is 23.5 Å². The maximum Gasteiger partial charge on any atom is 0.242 e. The number of hydrogen-bond acceptors (Lipinski definition) is 4. The summed E-state index contributed by atoms with van der Waals surface area (Å²) in [6, 6.07) is 11.5. The Bertz CT molecular complexity index is 1010. The van der Waals surface area contributed by atoms with Crippen molar-refractivity contribution in [1.82, 2.24) is 10.2 Å². The molecule has 0 radical (unpaired) electrons. The second-order valence-electron chi connectivity index (χ2n) is 9.28. The van der Waals surface area contributed by atoms with E-state index in [1.54, 1.807) is 25.1 Å². The van der Waals surface area contributed by atoms with Crippen LogP contribution in [0.25, 0.3) is 0 Å². The highest BCUT2D eigenvalue weighted by molar-refractivity contribution is 5.87. The minimum absolute atomic E-state index is 0.0399. The van der Waals surface area contributed by atoms with E-state index in [9.17, 15) is 14.0 Å². The van der Waals surface area contributed by atoms with Crippen LogP contribution in [0.1, 0.15) is 70.4 Å². The molecule has 0 bridgehead atoms. The van der Waals surface area contributed by atoms with Crippen molar-refractivity contribution >= 4 is 11.8 Å². The standard InChI is InChI=1S/C29H39FN2O4/c1-4-35-26-17-15-22(19-27(26)36-5-2)16-18-28(33)32(20-23-11-9-10-14-25(23)30)21(3)29(34)31-24-12-7-6-8-13-24/h9-11,14-15,17,19,21,24H,4-8,12-13,16,18,20H2,1-3H3,(H,31,34)/t21-/m1/s1. The molecule has 1 aliphatic rings. The Morgan fingerprint density at radius 2 is 1.72 bits per heavy atom. The summed E-state index contributed by atoms with van der Waals surface area (Å²) in [6.45, 7) is 6.62. The van der Waals surface area contributed by atoms with Crippen LogP contribution in [-0.2, 0) is 22.6 Å². The Balaban J connectivity index is 1.73. The second kappa shape index (κ2) is 13.9. The zero-order chi connectivity index (χ0) is 25.9. The van der Waals surface area contributed by atoms with Crippen molar-refractivity contribution in [3.05, 3.63) is 59.4 Å². The first-order valence-electron chi connectivity index (χ1n) is 13.1. The lowest BCUT2D eigenvalue weighted by Gasteiger charge is -2.31. The van der Waals surface area contributed by atoms with Gasteiger partial charge in [0.25, 0.3) is 0 Å². The van der Waals surface area contributed by atoms with Crippen LogP contribution in [0.2, 0.25) is 0 Å². The van der Waals surface area contributed by atoms with E-state index in [0.717, 1.165) is 31.2 Å². The third-order valence-corrected chi connectivity index (χ3v) is 6.65. The van der Waals surface area contributed by atoms with Gasteiger partial charge in [-0.15, -0.1) is 0 Å². The smallest absolute Gasteiger partial charge is 0.242 e. The summed E-state index contributed by atoms with van der Waals surface area (Å²) in [7, 11) is 0. The normalized spacial score (nSPS) is 14.7. The average molecular weight is 499 g/mol. The largest absolute Gasteiger partial charge is 0.490 e. The van der Waals surface area contributed by atoms with Crippen molar-refractivity contribution in [2.45, 2.75) is 84.3 Å². The fourth-order valence-corrected chi connectivity index (χ4v) is 4.61. The highest BCUT2D eigenvalue weighted by Gasteiger charge is 2.28. The predicted molar refractivity (Wildman–Crippen MR) is 139 cm³/mol. The first-order chi connectivity index (χ1) is 17.4. The van der Waals surface area contributed by atoms with E-state index >= 15 is 0 Å². The zero-order valence-corrected chi connectivity index (χ0v) is 21.7.